The molecule has 1 N–H and O–H groups in total. The first-order chi connectivity index (χ1) is 7.77. The van der Waals surface area contributed by atoms with Gasteiger partial charge >= 0.3 is 0 Å². The number of nitrogens with zero attached hydrogens (tertiary/aromatic N) is 3. The summed E-state index contributed by atoms with van der Waals surface area (Å²) in [5.74, 6) is -0.108. The maximum Gasteiger partial charge on any atom is 0.275 e. The molecule has 1 aromatic heterocycles. The van der Waals surface area contributed by atoms with Gasteiger partial charge in [0.15, 0.2) is 5.69 Å². The van der Waals surface area contributed by atoms with Gasteiger partial charge in [0.1, 0.15) is 0 Å². The first-order valence-corrected chi connectivity index (χ1v) is 5.96. The van der Waals surface area contributed by atoms with E-state index in [4.69, 9.17) is 4.74 Å². The van der Waals surface area contributed by atoms with Crippen LogP contribution in [-0.4, -0.2) is 59.8 Å². The van der Waals surface area contributed by atoms with Gasteiger partial charge in [0.25, 0.3) is 5.91 Å². The third-order valence-electron chi connectivity index (χ3n) is 2.41. The third-order valence-corrected chi connectivity index (χ3v) is 2.91. The zero-order valence-electron chi connectivity index (χ0n) is 9.05. The van der Waals surface area contributed by atoms with E-state index in [2.05, 4.69) is 14.9 Å². The van der Waals surface area contributed by atoms with Crippen LogP contribution >= 0.6 is 11.5 Å². The molecule has 1 aromatic rings. The van der Waals surface area contributed by atoms with Gasteiger partial charge in [0, 0.05) is 32.1 Å². The number of hydrogen-bond acceptors (Lipinski definition) is 6. The molecule has 0 spiro atoms. The zero-order valence-corrected chi connectivity index (χ0v) is 9.87. The van der Waals surface area contributed by atoms with E-state index < -0.39 is 0 Å². The van der Waals surface area contributed by atoms with Crippen LogP contribution in [0.5, 0.6) is 0 Å². The average Bonchev–Trinajstić information content (AvgIpc) is 2.83. The van der Waals surface area contributed by atoms with Gasteiger partial charge in [-0.3, -0.25) is 4.79 Å². The summed E-state index contributed by atoms with van der Waals surface area (Å²) in [6.45, 7) is 2.94. The standard InChI is InChI=1S/C9H14N4O2S/c1-13(5-7-4-10-2-3-15-7)9(14)8-6-16-12-11-8/h6-7,10H,2-5H2,1H3. The average molecular weight is 242 g/mol. The number of morpholine rings is 1. The topological polar surface area (TPSA) is 67.3 Å². The normalized spacial score (nSPS) is 20.7. The Morgan fingerprint density at radius 1 is 1.81 bits per heavy atom. The number of carbonyl (C=O) groups is 1. The Morgan fingerprint density at radius 3 is 3.31 bits per heavy atom. The molecule has 1 fully saturated rings. The number of hydrogen-bond donors (Lipinski definition) is 1. The van der Waals surface area contributed by atoms with Crippen LogP contribution in [0.25, 0.3) is 0 Å². The minimum Gasteiger partial charge on any atom is -0.374 e. The van der Waals surface area contributed by atoms with Gasteiger partial charge in [0.2, 0.25) is 0 Å². The molecule has 0 saturated carbocycles. The number of ether oxygens (including phenoxy) is 1. The largest absolute Gasteiger partial charge is 0.374 e. The molecule has 2 heterocycles. The Bertz CT molecular complexity index is 337. The summed E-state index contributed by atoms with van der Waals surface area (Å²) in [6, 6.07) is 0. The molecule has 0 bridgehead atoms. The lowest BCUT2D eigenvalue weighted by molar-refractivity contribution is 0.0102. The molecule has 1 saturated heterocycles. The second-order valence-electron chi connectivity index (χ2n) is 3.67. The van der Waals surface area contributed by atoms with Crippen molar-refractivity contribution in [3.63, 3.8) is 0 Å². The number of likely N-dealkylation sites (N-methyl/N-ethyl adjacent to an activating group) is 1. The molecular weight excluding hydrogens is 228 g/mol. The van der Waals surface area contributed by atoms with Gasteiger partial charge in [-0.2, -0.15) is 0 Å². The van der Waals surface area contributed by atoms with E-state index in [1.165, 1.54) is 11.5 Å². The second-order valence-corrected chi connectivity index (χ2v) is 4.28. The van der Waals surface area contributed by atoms with E-state index in [9.17, 15) is 4.79 Å². The second kappa shape index (κ2) is 5.33. The summed E-state index contributed by atoms with van der Waals surface area (Å²) in [5, 5.41) is 8.63. The molecular formula is C9H14N4O2S. The van der Waals surface area contributed by atoms with Gasteiger partial charge in [-0.15, -0.1) is 5.10 Å². The molecule has 1 amide bonds. The summed E-state index contributed by atoms with van der Waals surface area (Å²) in [7, 11) is 1.75. The van der Waals surface area contributed by atoms with Crippen LogP contribution in [0.1, 0.15) is 10.5 Å². The van der Waals surface area contributed by atoms with Crippen LogP contribution in [0.4, 0.5) is 0 Å². The van der Waals surface area contributed by atoms with Gasteiger partial charge in [0.05, 0.1) is 12.7 Å². The van der Waals surface area contributed by atoms with Gasteiger partial charge in [-0.1, -0.05) is 4.49 Å². The number of amides is 1. The van der Waals surface area contributed by atoms with Crippen molar-refractivity contribution in [2.24, 2.45) is 0 Å². The van der Waals surface area contributed by atoms with Crippen LogP contribution in [0, 0.1) is 0 Å². The number of carbonyl (C=O) groups excluding carboxylic acids is 1. The molecule has 2 rings (SSSR count). The Hall–Kier alpha value is -1.05. The quantitative estimate of drug-likeness (QED) is 0.781. The molecule has 16 heavy (non-hydrogen) atoms. The third kappa shape index (κ3) is 2.75. The summed E-state index contributed by atoms with van der Waals surface area (Å²) in [6.07, 6.45) is 0.0642. The number of nitrogens with one attached hydrogen (secondary N) is 1. The lowest BCUT2D eigenvalue weighted by Crippen LogP contribution is -2.45. The van der Waals surface area contributed by atoms with Crippen molar-refractivity contribution in [2.75, 3.05) is 33.3 Å². The monoisotopic (exact) mass is 242 g/mol. The van der Waals surface area contributed by atoms with Crippen molar-refractivity contribution in [1.82, 2.24) is 19.8 Å². The number of aromatic nitrogens is 2. The molecule has 1 aliphatic heterocycles. The maximum absolute atomic E-state index is 11.8. The van der Waals surface area contributed by atoms with Crippen LogP contribution in [0.15, 0.2) is 5.38 Å². The van der Waals surface area contributed by atoms with E-state index in [1.807, 2.05) is 0 Å². The molecule has 1 unspecified atom stereocenters. The summed E-state index contributed by atoms with van der Waals surface area (Å²) in [4.78, 5) is 13.5. The molecule has 1 atom stereocenters. The molecule has 1 aliphatic rings. The van der Waals surface area contributed by atoms with Crippen LogP contribution in [0.3, 0.4) is 0 Å². The number of rotatable bonds is 3. The highest BCUT2D eigenvalue weighted by Gasteiger charge is 2.20. The minimum absolute atomic E-state index is 0.0642. The van der Waals surface area contributed by atoms with Crippen molar-refractivity contribution < 1.29 is 9.53 Å². The summed E-state index contributed by atoms with van der Waals surface area (Å²) < 4.78 is 9.20. The van der Waals surface area contributed by atoms with Gasteiger partial charge < -0.3 is 15.0 Å². The predicted octanol–water partition coefficient (Wildman–Crippen LogP) is -0.402. The predicted molar refractivity (Wildman–Crippen MR) is 59.5 cm³/mol. The van der Waals surface area contributed by atoms with Crippen molar-refractivity contribution in [2.45, 2.75) is 6.10 Å². The lowest BCUT2D eigenvalue weighted by Gasteiger charge is -2.27. The van der Waals surface area contributed by atoms with E-state index in [0.29, 0.717) is 18.8 Å². The molecule has 6 nitrogen and oxygen atoms in total. The zero-order chi connectivity index (χ0) is 11.4. The fourth-order valence-corrected chi connectivity index (χ4v) is 2.01. The Morgan fingerprint density at radius 2 is 2.69 bits per heavy atom. The SMILES string of the molecule is CN(CC1CNCCO1)C(=O)c1csnn1. The van der Waals surface area contributed by atoms with Crippen LogP contribution < -0.4 is 5.32 Å². The van der Waals surface area contributed by atoms with Crippen LogP contribution in [-0.2, 0) is 4.74 Å². The first kappa shape index (κ1) is 11.4. The highest BCUT2D eigenvalue weighted by molar-refractivity contribution is 7.03. The highest BCUT2D eigenvalue weighted by Crippen LogP contribution is 2.04. The van der Waals surface area contributed by atoms with Crippen molar-refractivity contribution >= 4 is 17.4 Å². The fourth-order valence-electron chi connectivity index (χ4n) is 1.58. The lowest BCUT2D eigenvalue weighted by atomic mass is 10.3. The molecule has 7 heteroatoms. The van der Waals surface area contributed by atoms with E-state index in [0.717, 1.165) is 13.1 Å². The summed E-state index contributed by atoms with van der Waals surface area (Å²) in [5.41, 5.74) is 0.399. The highest BCUT2D eigenvalue weighted by atomic mass is 32.1. The first-order valence-electron chi connectivity index (χ1n) is 5.12. The molecule has 0 aromatic carbocycles. The maximum atomic E-state index is 11.8. The van der Waals surface area contributed by atoms with E-state index >= 15 is 0 Å². The van der Waals surface area contributed by atoms with Crippen molar-refractivity contribution in [3.8, 4) is 0 Å². The van der Waals surface area contributed by atoms with Gasteiger partial charge in [-0.25, -0.2) is 0 Å². The van der Waals surface area contributed by atoms with Crippen molar-refractivity contribution in [1.29, 1.82) is 0 Å². The minimum atomic E-state index is -0.108. The van der Waals surface area contributed by atoms with Crippen molar-refractivity contribution in [3.05, 3.63) is 11.1 Å². The van der Waals surface area contributed by atoms with Gasteiger partial charge in [-0.05, 0) is 11.5 Å². The van der Waals surface area contributed by atoms with E-state index in [1.54, 1.807) is 17.3 Å². The molecule has 0 radical (unpaired) electrons. The Labute approximate surface area is 97.8 Å². The molecule has 0 aliphatic carbocycles. The summed E-state index contributed by atoms with van der Waals surface area (Å²) >= 11 is 1.18. The smallest absolute Gasteiger partial charge is 0.275 e. The molecule has 88 valence electrons. The van der Waals surface area contributed by atoms with E-state index in [-0.39, 0.29) is 12.0 Å². The Kier molecular flexibility index (Phi) is 3.81. The fraction of sp³-hybridized carbons (Fsp3) is 0.667. The van der Waals surface area contributed by atoms with Crippen LogP contribution in [0.2, 0.25) is 0 Å². The Balaban J connectivity index is 1.87.